The van der Waals surface area contributed by atoms with E-state index in [2.05, 4.69) is 10.1 Å². The van der Waals surface area contributed by atoms with Gasteiger partial charge in [-0.2, -0.15) is 5.10 Å². The average Bonchev–Trinajstić information content (AvgIpc) is 3.10. The van der Waals surface area contributed by atoms with Gasteiger partial charge in [0, 0.05) is 23.0 Å². The van der Waals surface area contributed by atoms with Gasteiger partial charge in [-0.3, -0.25) is 9.48 Å². The maximum absolute atomic E-state index is 12.8. The van der Waals surface area contributed by atoms with E-state index < -0.39 is 15.4 Å². The molecule has 31 heavy (non-hydrogen) atoms. The zero-order chi connectivity index (χ0) is 22.4. The summed E-state index contributed by atoms with van der Waals surface area (Å²) in [6, 6.07) is 8.62. The number of rotatable bonds is 5. The third kappa shape index (κ3) is 4.81. The molecule has 3 aromatic rings. The SMILES string of the molecule is CC(C)(O)c1cccc(C(=O)Cc2cc3cn(C4CCS(=O)(=O)CC4)nc3cc2Cl)n1. The van der Waals surface area contributed by atoms with Crippen LogP contribution in [0.2, 0.25) is 5.02 Å². The monoisotopic (exact) mass is 461 g/mol. The summed E-state index contributed by atoms with van der Waals surface area (Å²) < 4.78 is 25.2. The molecule has 3 heterocycles. The largest absolute Gasteiger partial charge is 0.384 e. The first-order valence-corrected chi connectivity index (χ1v) is 12.3. The number of Topliss-reactive ketones (excluding diaryl/α,β-unsaturated/α-hetero) is 1. The van der Waals surface area contributed by atoms with E-state index in [9.17, 15) is 18.3 Å². The van der Waals surface area contributed by atoms with Crippen molar-refractivity contribution in [2.24, 2.45) is 0 Å². The van der Waals surface area contributed by atoms with Crippen LogP contribution in [0.5, 0.6) is 0 Å². The number of nitrogens with zero attached hydrogens (tertiary/aromatic N) is 3. The van der Waals surface area contributed by atoms with Gasteiger partial charge in [-0.05, 0) is 56.5 Å². The highest BCUT2D eigenvalue weighted by Gasteiger charge is 2.26. The molecule has 0 unspecified atom stereocenters. The first kappa shape index (κ1) is 21.9. The summed E-state index contributed by atoms with van der Waals surface area (Å²) in [4.78, 5) is 17.1. The Morgan fingerprint density at radius 3 is 2.65 bits per heavy atom. The zero-order valence-corrected chi connectivity index (χ0v) is 18.9. The molecule has 0 aliphatic carbocycles. The summed E-state index contributed by atoms with van der Waals surface area (Å²) in [7, 11) is -2.94. The Morgan fingerprint density at radius 1 is 1.26 bits per heavy atom. The molecule has 1 aromatic carbocycles. The van der Waals surface area contributed by atoms with Crippen molar-refractivity contribution >= 4 is 38.1 Å². The van der Waals surface area contributed by atoms with Crippen LogP contribution >= 0.6 is 11.6 Å². The van der Waals surface area contributed by atoms with E-state index >= 15 is 0 Å². The number of aromatic nitrogens is 3. The van der Waals surface area contributed by atoms with E-state index in [1.54, 1.807) is 38.1 Å². The highest BCUT2D eigenvalue weighted by molar-refractivity contribution is 7.91. The number of aliphatic hydroxyl groups is 1. The lowest BCUT2D eigenvalue weighted by Crippen LogP contribution is -2.25. The molecule has 1 saturated heterocycles. The summed E-state index contributed by atoms with van der Waals surface area (Å²) in [6.07, 6.45) is 3.04. The first-order valence-electron chi connectivity index (χ1n) is 10.1. The van der Waals surface area contributed by atoms with Crippen LogP contribution in [-0.4, -0.2) is 45.6 Å². The number of carbonyl (C=O) groups excluding carboxylic acids is 1. The molecule has 2 aromatic heterocycles. The van der Waals surface area contributed by atoms with Crippen molar-refractivity contribution in [3.8, 4) is 0 Å². The van der Waals surface area contributed by atoms with Gasteiger partial charge in [0.2, 0.25) is 0 Å². The second-order valence-corrected chi connectivity index (χ2v) is 11.3. The Balaban J connectivity index is 1.57. The second-order valence-electron chi connectivity index (χ2n) is 8.56. The maximum atomic E-state index is 12.8. The zero-order valence-electron chi connectivity index (χ0n) is 17.4. The van der Waals surface area contributed by atoms with Crippen molar-refractivity contribution in [1.29, 1.82) is 0 Å². The van der Waals surface area contributed by atoms with Crippen LogP contribution in [0.4, 0.5) is 0 Å². The summed E-state index contributed by atoms with van der Waals surface area (Å²) in [6.45, 7) is 3.24. The van der Waals surface area contributed by atoms with Crippen molar-refractivity contribution in [1.82, 2.24) is 14.8 Å². The number of benzene rings is 1. The molecular weight excluding hydrogens is 438 g/mol. The standard InChI is InChI=1S/C22H24ClN3O4S/c1-22(2,28)21-5-3-4-18(24-21)20(27)11-14-10-15-13-26(25-19(15)12-17(14)23)16-6-8-31(29,30)9-7-16/h3-5,10,12-13,16,28H,6-9,11H2,1-2H3. The van der Waals surface area contributed by atoms with Gasteiger partial charge in [0.15, 0.2) is 5.78 Å². The van der Waals surface area contributed by atoms with E-state index in [4.69, 9.17) is 11.6 Å². The lowest BCUT2D eigenvalue weighted by Gasteiger charge is -2.22. The van der Waals surface area contributed by atoms with Crippen molar-refractivity contribution in [3.63, 3.8) is 0 Å². The molecule has 9 heteroatoms. The van der Waals surface area contributed by atoms with Gasteiger partial charge in [-0.25, -0.2) is 13.4 Å². The highest BCUT2D eigenvalue weighted by atomic mass is 35.5. The Kier molecular flexibility index (Phi) is 5.66. The van der Waals surface area contributed by atoms with E-state index in [1.807, 2.05) is 16.9 Å². The summed E-state index contributed by atoms with van der Waals surface area (Å²) in [5, 5.41) is 16.0. The van der Waals surface area contributed by atoms with Gasteiger partial charge in [-0.1, -0.05) is 17.7 Å². The quantitative estimate of drug-likeness (QED) is 0.583. The van der Waals surface area contributed by atoms with Crippen LogP contribution in [-0.2, 0) is 21.9 Å². The topological polar surface area (TPSA) is 102 Å². The summed E-state index contributed by atoms with van der Waals surface area (Å²) >= 11 is 6.43. The smallest absolute Gasteiger partial charge is 0.185 e. The summed E-state index contributed by atoms with van der Waals surface area (Å²) in [5.41, 5.74) is 0.933. The van der Waals surface area contributed by atoms with Crippen molar-refractivity contribution < 1.29 is 18.3 Å². The molecule has 1 aliphatic heterocycles. The van der Waals surface area contributed by atoms with Gasteiger partial charge in [-0.15, -0.1) is 0 Å². The van der Waals surface area contributed by atoms with Crippen molar-refractivity contribution in [2.75, 3.05) is 11.5 Å². The molecule has 0 spiro atoms. The van der Waals surface area contributed by atoms with Crippen LogP contribution in [0.3, 0.4) is 0 Å². The number of ketones is 1. The third-order valence-corrected chi connectivity index (χ3v) is 7.67. The molecule has 0 saturated carbocycles. The van der Waals surface area contributed by atoms with Gasteiger partial charge in [0.1, 0.15) is 21.1 Å². The Bertz CT molecular complexity index is 1250. The fourth-order valence-corrected chi connectivity index (χ4v) is 5.46. The highest BCUT2D eigenvalue weighted by Crippen LogP contribution is 2.29. The molecule has 0 bridgehead atoms. The molecule has 1 aliphatic rings. The first-order chi connectivity index (χ1) is 14.5. The van der Waals surface area contributed by atoms with E-state index in [1.165, 1.54) is 0 Å². The van der Waals surface area contributed by atoms with Gasteiger partial charge >= 0.3 is 0 Å². The molecule has 164 valence electrons. The number of halogens is 1. The number of hydrogen-bond acceptors (Lipinski definition) is 6. The molecule has 0 radical (unpaired) electrons. The normalized spacial score (nSPS) is 17.2. The molecule has 7 nitrogen and oxygen atoms in total. The lowest BCUT2D eigenvalue weighted by molar-refractivity contribution is 0.0734. The number of fused-ring (bicyclic) bond motifs is 1. The van der Waals surface area contributed by atoms with E-state index in [0.29, 0.717) is 34.6 Å². The van der Waals surface area contributed by atoms with E-state index in [-0.39, 0.29) is 35.4 Å². The van der Waals surface area contributed by atoms with E-state index in [0.717, 1.165) is 5.39 Å². The number of sulfone groups is 1. The Labute approximate surface area is 186 Å². The molecule has 0 atom stereocenters. The number of pyridine rings is 1. The minimum atomic E-state index is -2.94. The predicted octanol–water partition coefficient (Wildman–Crippen LogP) is 3.49. The van der Waals surface area contributed by atoms with Gasteiger partial charge < -0.3 is 5.11 Å². The van der Waals surface area contributed by atoms with Gasteiger partial charge in [0.05, 0.1) is 28.8 Å². The average molecular weight is 462 g/mol. The third-order valence-electron chi connectivity index (χ3n) is 5.60. The fraction of sp³-hybridized carbons (Fsp3) is 0.409. The minimum absolute atomic E-state index is 0.0357. The van der Waals surface area contributed by atoms with Crippen LogP contribution in [0.25, 0.3) is 10.9 Å². The molecule has 1 N–H and O–H groups in total. The number of carbonyl (C=O) groups is 1. The van der Waals surface area contributed by atoms with Crippen LogP contribution in [0, 0.1) is 0 Å². The minimum Gasteiger partial charge on any atom is -0.384 e. The lowest BCUT2D eigenvalue weighted by atomic mass is 10.0. The van der Waals surface area contributed by atoms with Crippen LogP contribution < -0.4 is 0 Å². The predicted molar refractivity (Wildman–Crippen MR) is 119 cm³/mol. The molecular formula is C22H24ClN3O4S. The fourth-order valence-electron chi connectivity index (χ4n) is 3.77. The second kappa shape index (κ2) is 8.00. The van der Waals surface area contributed by atoms with Crippen molar-refractivity contribution in [2.45, 2.75) is 44.8 Å². The van der Waals surface area contributed by atoms with Gasteiger partial charge in [0.25, 0.3) is 0 Å². The maximum Gasteiger partial charge on any atom is 0.185 e. The number of hydrogen-bond donors (Lipinski definition) is 1. The van der Waals surface area contributed by atoms with Crippen molar-refractivity contribution in [3.05, 3.63) is 58.5 Å². The Hall–Kier alpha value is -2.29. The molecule has 1 fully saturated rings. The Morgan fingerprint density at radius 2 is 1.97 bits per heavy atom. The summed E-state index contributed by atoms with van der Waals surface area (Å²) in [5.74, 6) is 0.146. The molecule has 0 amide bonds. The molecule has 4 rings (SSSR count). The van der Waals surface area contributed by atoms with Crippen LogP contribution in [0.1, 0.15) is 54.5 Å². The van der Waals surface area contributed by atoms with Crippen LogP contribution in [0.15, 0.2) is 36.5 Å².